The van der Waals surface area contributed by atoms with Gasteiger partial charge in [-0.25, -0.2) is 8.42 Å². The lowest BCUT2D eigenvalue weighted by Crippen LogP contribution is -2.48. The van der Waals surface area contributed by atoms with Crippen molar-refractivity contribution in [1.82, 2.24) is 4.31 Å². The lowest BCUT2D eigenvalue weighted by Gasteiger charge is -2.34. The summed E-state index contributed by atoms with van der Waals surface area (Å²) in [4.78, 5) is 25.0. The average Bonchev–Trinajstić information content (AvgIpc) is 2.75. The predicted molar refractivity (Wildman–Crippen MR) is 128 cm³/mol. The van der Waals surface area contributed by atoms with Gasteiger partial charge in [0, 0.05) is 35.9 Å². The quantitative estimate of drug-likeness (QED) is 0.667. The summed E-state index contributed by atoms with van der Waals surface area (Å²) in [7, 11) is -3.77. The van der Waals surface area contributed by atoms with E-state index in [4.69, 9.17) is 4.74 Å². The minimum atomic E-state index is -3.77. The second kappa shape index (κ2) is 10.0. The van der Waals surface area contributed by atoms with Gasteiger partial charge in [0.1, 0.15) is 0 Å². The van der Waals surface area contributed by atoms with Gasteiger partial charge in [-0.1, -0.05) is 26.0 Å². The van der Waals surface area contributed by atoms with E-state index in [0.717, 1.165) is 5.56 Å². The Bertz CT molecular complexity index is 1140. The van der Waals surface area contributed by atoms with E-state index in [-0.39, 0.29) is 47.6 Å². The molecule has 2 unspecified atom stereocenters. The van der Waals surface area contributed by atoms with Crippen LogP contribution in [0, 0.1) is 12.8 Å². The van der Waals surface area contributed by atoms with Crippen molar-refractivity contribution in [2.24, 2.45) is 5.92 Å². The number of carbonyl (C=O) groups is 2. The van der Waals surface area contributed by atoms with Crippen LogP contribution in [0.5, 0.6) is 0 Å². The SMILES string of the molecule is Cc1ccc(NC(=O)C(C)C)cc1NC(=O)c1cccc(S(=O)(=O)N2CC(C)OC(C)C2)c1. The third kappa shape index (κ3) is 5.98. The van der Waals surface area contributed by atoms with Crippen molar-refractivity contribution in [2.45, 2.75) is 51.7 Å². The van der Waals surface area contributed by atoms with Gasteiger partial charge in [-0.05, 0) is 56.7 Å². The number of carbonyl (C=O) groups excluding carboxylic acids is 2. The highest BCUT2D eigenvalue weighted by Crippen LogP contribution is 2.24. The first-order valence-corrected chi connectivity index (χ1v) is 12.4. The van der Waals surface area contributed by atoms with Gasteiger partial charge in [0.05, 0.1) is 17.1 Å². The minimum Gasteiger partial charge on any atom is -0.373 e. The molecule has 1 heterocycles. The van der Waals surface area contributed by atoms with Gasteiger partial charge in [0.2, 0.25) is 15.9 Å². The highest BCUT2D eigenvalue weighted by atomic mass is 32.2. The Kier molecular flexibility index (Phi) is 7.56. The van der Waals surface area contributed by atoms with Crippen LogP contribution < -0.4 is 10.6 Å². The van der Waals surface area contributed by atoms with Crippen LogP contribution in [0.4, 0.5) is 11.4 Å². The van der Waals surface area contributed by atoms with E-state index in [1.165, 1.54) is 16.4 Å². The lowest BCUT2D eigenvalue weighted by molar-refractivity contribution is -0.118. The Morgan fingerprint density at radius 3 is 2.33 bits per heavy atom. The number of hydrogen-bond donors (Lipinski definition) is 2. The highest BCUT2D eigenvalue weighted by Gasteiger charge is 2.32. The zero-order valence-corrected chi connectivity index (χ0v) is 20.4. The Morgan fingerprint density at radius 2 is 1.70 bits per heavy atom. The molecule has 9 heteroatoms. The zero-order chi connectivity index (χ0) is 24.3. The van der Waals surface area contributed by atoms with E-state index in [9.17, 15) is 18.0 Å². The summed E-state index contributed by atoms with van der Waals surface area (Å²) in [5, 5.41) is 5.63. The van der Waals surface area contributed by atoms with Crippen molar-refractivity contribution >= 4 is 33.2 Å². The van der Waals surface area contributed by atoms with E-state index in [1.54, 1.807) is 44.2 Å². The van der Waals surface area contributed by atoms with E-state index < -0.39 is 15.9 Å². The van der Waals surface area contributed by atoms with Crippen LogP contribution in [0.3, 0.4) is 0 Å². The second-order valence-corrected chi connectivity index (χ2v) is 10.7. The summed E-state index contributed by atoms with van der Waals surface area (Å²) in [6, 6.07) is 11.2. The number of anilines is 2. The van der Waals surface area contributed by atoms with Crippen LogP contribution in [0.25, 0.3) is 0 Å². The molecule has 2 N–H and O–H groups in total. The maximum Gasteiger partial charge on any atom is 0.255 e. The predicted octanol–water partition coefficient (Wildman–Crippen LogP) is 3.64. The first kappa shape index (κ1) is 24.9. The normalized spacial score (nSPS) is 19.3. The van der Waals surface area contributed by atoms with Gasteiger partial charge in [-0.3, -0.25) is 9.59 Å². The van der Waals surface area contributed by atoms with Gasteiger partial charge in [0.15, 0.2) is 0 Å². The molecule has 33 heavy (non-hydrogen) atoms. The molecule has 178 valence electrons. The maximum absolute atomic E-state index is 13.2. The van der Waals surface area contributed by atoms with Crippen LogP contribution in [-0.4, -0.2) is 49.8 Å². The molecule has 1 aliphatic rings. The molecule has 2 aromatic rings. The minimum absolute atomic E-state index is 0.0612. The number of amides is 2. The van der Waals surface area contributed by atoms with Gasteiger partial charge in [-0.15, -0.1) is 0 Å². The van der Waals surface area contributed by atoms with Crippen molar-refractivity contribution in [3.05, 3.63) is 53.6 Å². The van der Waals surface area contributed by atoms with Crippen molar-refractivity contribution in [3.8, 4) is 0 Å². The highest BCUT2D eigenvalue weighted by molar-refractivity contribution is 7.89. The molecule has 2 aromatic carbocycles. The molecule has 0 saturated carbocycles. The summed E-state index contributed by atoms with van der Waals surface area (Å²) < 4.78 is 33.4. The largest absolute Gasteiger partial charge is 0.373 e. The number of nitrogens with zero attached hydrogens (tertiary/aromatic N) is 1. The first-order chi connectivity index (χ1) is 15.5. The van der Waals surface area contributed by atoms with Crippen LogP contribution >= 0.6 is 0 Å². The topological polar surface area (TPSA) is 105 Å². The second-order valence-electron chi connectivity index (χ2n) is 8.73. The molecule has 8 nitrogen and oxygen atoms in total. The fourth-order valence-electron chi connectivity index (χ4n) is 3.59. The summed E-state index contributed by atoms with van der Waals surface area (Å²) >= 11 is 0. The molecule has 0 aromatic heterocycles. The van der Waals surface area contributed by atoms with E-state index in [0.29, 0.717) is 11.4 Å². The summed E-state index contributed by atoms with van der Waals surface area (Å²) in [5.41, 5.74) is 2.14. The number of nitrogens with one attached hydrogen (secondary N) is 2. The number of rotatable bonds is 6. The molecular formula is C24H31N3O5S. The summed E-state index contributed by atoms with van der Waals surface area (Å²) in [6.45, 7) is 9.63. The molecule has 0 radical (unpaired) electrons. The smallest absolute Gasteiger partial charge is 0.255 e. The molecule has 2 amide bonds. The Hall–Kier alpha value is -2.75. The van der Waals surface area contributed by atoms with E-state index in [2.05, 4.69) is 10.6 Å². The molecular weight excluding hydrogens is 442 g/mol. The van der Waals surface area contributed by atoms with Crippen molar-refractivity contribution in [3.63, 3.8) is 0 Å². The van der Waals surface area contributed by atoms with Crippen LogP contribution in [0.2, 0.25) is 0 Å². The number of hydrogen-bond acceptors (Lipinski definition) is 5. The molecule has 1 saturated heterocycles. The van der Waals surface area contributed by atoms with E-state index in [1.807, 2.05) is 20.8 Å². The first-order valence-electron chi connectivity index (χ1n) is 11.0. The van der Waals surface area contributed by atoms with E-state index >= 15 is 0 Å². The van der Waals surface area contributed by atoms with Gasteiger partial charge in [-0.2, -0.15) is 4.31 Å². The summed E-state index contributed by atoms with van der Waals surface area (Å²) in [5.74, 6) is -0.738. The molecule has 1 aliphatic heterocycles. The maximum atomic E-state index is 13.2. The third-order valence-corrected chi connectivity index (χ3v) is 7.23. The number of morpholine rings is 1. The van der Waals surface area contributed by atoms with Gasteiger partial charge < -0.3 is 15.4 Å². The number of ether oxygens (including phenoxy) is 1. The molecule has 0 aliphatic carbocycles. The van der Waals surface area contributed by atoms with Crippen LogP contribution in [-0.2, 0) is 19.6 Å². The monoisotopic (exact) mass is 473 g/mol. The average molecular weight is 474 g/mol. The van der Waals surface area contributed by atoms with Gasteiger partial charge in [0.25, 0.3) is 5.91 Å². The molecule has 1 fully saturated rings. The Labute approximate surface area is 195 Å². The number of sulfonamides is 1. The number of benzene rings is 2. The standard InChI is InChI=1S/C24H31N3O5S/c1-15(2)23(28)25-20-10-9-16(3)22(12-20)26-24(29)19-7-6-8-21(11-19)33(30,31)27-13-17(4)32-18(5)14-27/h6-12,15,17-18H,13-14H2,1-5H3,(H,25,28)(H,26,29). The number of aryl methyl sites for hydroxylation is 1. The van der Waals surface area contributed by atoms with Crippen LogP contribution in [0.15, 0.2) is 47.4 Å². The molecule has 3 rings (SSSR count). The zero-order valence-electron chi connectivity index (χ0n) is 19.6. The van der Waals surface area contributed by atoms with Crippen molar-refractivity contribution < 1.29 is 22.7 Å². The fourth-order valence-corrected chi connectivity index (χ4v) is 5.23. The third-order valence-electron chi connectivity index (χ3n) is 5.40. The van der Waals surface area contributed by atoms with Crippen molar-refractivity contribution in [2.75, 3.05) is 23.7 Å². The van der Waals surface area contributed by atoms with Crippen LogP contribution in [0.1, 0.15) is 43.6 Å². The lowest BCUT2D eigenvalue weighted by atomic mass is 10.1. The molecule has 0 spiro atoms. The van der Waals surface area contributed by atoms with Gasteiger partial charge >= 0.3 is 0 Å². The molecule has 2 atom stereocenters. The fraction of sp³-hybridized carbons (Fsp3) is 0.417. The Balaban J connectivity index is 1.81. The summed E-state index contributed by atoms with van der Waals surface area (Å²) in [6.07, 6.45) is -0.414. The molecule has 0 bridgehead atoms. The Morgan fingerprint density at radius 1 is 1.03 bits per heavy atom. The van der Waals surface area contributed by atoms with Crippen molar-refractivity contribution in [1.29, 1.82) is 0 Å².